The number of unbranched alkanes of at least 4 members (excludes halogenated alkanes) is 2. The maximum atomic E-state index is 11.2. The van der Waals surface area contributed by atoms with Crippen molar-refractivity contribution in [3.63, 3.8) is 0 Å². The van der Waals surface area contributed by atoms with Gasteiger partial charge >= 0.3 is 6.03 Å². The summed E-state index contributed by atoms with van der Waals surface area (Å²) in [5.74, 6) is 6.68. The first-order valence-electron chi connectivity index (χ1n) is 8.60. The molecule has 1 aromatic rings. The second kappa shape index (κ2) is 8.79. The molecule has 1 aromatic carbocycles. The van der Waals surface area contributed by atoms with Crippen LogP contribution in [-0.2, 0) is 0 Å². The van der Waals surface area contributed by atoms with Gasteiger partial charge in [-0.2, -0.15) is 0 Å². The first-order valence-corrected chi connectivity index (χ1v) is 8.60. The molecule has 0 atom stereocenters. The van der Waals surface area contributed by atoms with E-state index in [0.717, 1.165) is 11.6 Å². The Hall–Kier alpha value is -1.55. The van der Waals surface area contributed by atoms with E-state index in [1.807, 2.05) is 12.1 Å². The Morgan fingerprint density at radius 2 is 1.82 bits per heavy atom. The van der Waals surface area contributed by atoms with Crippen LogP contribution in [0, 0.1) is 5.92 Å². The zero-order valence-electron chi connectivity index (χ0n) is 13.6. The summed E-state index contributed by atoms with van der Waals surface area (Å²) >= 11 is 0. The van der Waals surface area contributed by atoms with Gasteiger partial charge in [-0.15, -0.1) is 0 Å². The standard InChI is InChI=1S/C18H29N3O/c1-2-3-4-5-14-6-8-15(9-7-14)16-10-12-17(13-11-16)20-18(22)21-19/h10-15H,2-9,19H2,1H3,(H2,20,21,22). The number of nitrogens with one attached hydrogen (secondary N) is 2. The molecule has 2 amide bonds. The van der Waals surface area contributed by atoms with Gasteiger partial charge in [0.2, 0.25) is 0 Å². The molecule has 0 saturated heterocycles. The smallest absolute Gasteiger partial charge is 0.307 e. The second-order valence-electron chi connectivity index (χ2n) is 6.43. The zero-order valence-corrected chi connectivity index (χ0v) is 13.6. The lowest BCUT2D eigenvalue weighted by Crippen LogP contribution is -2.34. The molecule has 0 spiro atoms. The first kappa shape index (κ1) is 16.8. The lowest BCUT2D eigenvalue weighted by molar-refractivity contribution is 0.252. The average molecular weight is 303 g/mol. The van der Waals surface area contributed by atoms with E-state index >= 15 is 0 Å². The quantitative estimate of drug-likeness (QED) is 0.313. The summed E-state index contributed by atoms with van der Waals surface area (Å²) in [6, 6.07) is 7.79. The van der Waals surface area contributed by atoms with Crippen LogP contribution in [0.5, 0.6) is 0 Å². The van der Waals surface area contributed by atoms with Crippen LogP contribution in [0.4, 0.5) is 10.5 Å². The molecule has 22 heavy (non-hydrogen) atoms. The first-order chi connectivity index (χ1) is 10.7. The topological polar surface area (TPSA) is 67.2 Å². The molecule has 4 N–H and O–H groups in total. The normalized spacial score (nSPS) is 21.4. The summed E-state index contributed by atoms with van der Waals surface area (Å²) < 4.78 is 0. The fraction of sp³-hybridized carbons (Fsp3) is 0.611. The largest absolute Gasteiger partial charge is 0.333 e. The number of rotatable bonds is 6. The molecule has 1 aliphatic carbocycles. The van der Waals surface area contributed by atoms with E-state index in [2.05, 4.69) is 29.8 Å². The van der Waals surface area contributed by atoms with Crippen LogP contribution in [0.25, 0.3) is 0 Å². The van der Waals surface area contributed by atoms with Crippen LogP contribution in [0.15, 0.2) is 24.3 Å². The highest BCUT2D eigenvalue weighted by Crippen LogP contribution is 2.37. The van der Waals surface area contributed by atoms with E-state index in [9.17, 15) is 4.79 Å². The van der Waals surface area contributed by atoms with E-state index in [4.69, 9.17) is 5.84 Å². The van der Waals surface area contributed by atoms with Crippen LogP contribution in [0.2, 0.25) is 0 Å². The zero-order chi connectivity index (χ0) is 15.8. The Balaban J connectivity index is 1.80. The van der Waals surface area contributed by atoms with Crippen molar-refractivity contribution < 1.29 is 4.79 Å². The molecule has 4 nitrogen and oxygen atoms in total. The Morgan fingerprint density at radius 3 is 2.41 bits per heavy atom. The average Bonchev–Trinajstić information content (AvgIpc) is 2.56. The second-order valence-corrected chi connectivity index (χ2v) is 6.43. The minimum Gasteiger partial charge on any atom is -0.307 e. The maximum absolute atomic E-state index is 11.2. The Morgan fingerprint density at radius 1 is 1.14 bits per heavy atom. The molecule has 0 aliphatic heterocycles. The Kier molecular flexibility index (Phi) is 6.72. The highest BCUT2D eigenvalue weighted by molar-refractivity contribution is 5.88. The molecule has 0 heterocycles. The summed E-state index contributed by atoms with van der Waals surface area (Å²) in [6.45, 7) is 2.27. The van der Waals surface area contributed by atoms with Crippen LogP contribution in [-0.4, -0.2) is 6.03 Å². The predicted molar refractivity (Wildman–Crippen MR) is 91.6 cm³/mol. The van der Waals surface area contributed by atoms with E-state index in [1.165, 1.54) is 56.9 Å². The molecule has 4 heteroatoms. The molecule has 1 aliphatic rings. The van der Waals surface area contributed by atoms with Crippen LogP contribution >= 0.6 is 0 Å². The predicted octanol–water partition coefficient (Wildman–Crippen LogP) is 4.54. The van der Waals surface area contributed by atoms with Crippen molar-refractivity contribution in [3.05, 3.63) is 29.8 Å². The SMILES string of the molecule is CCCCCC1CCC(c2ccc(NC(=O)NN)cc2)CC1. The molecular formula is C18H29N3O. The molecule has 0 bridgehead atoms. The number of hydrazine groups is 1. The van der Waals surface area contributed by atoms with E-state index in [0.29, 0.717) is 5.92 Å². The minimum atomic E-state index is -0.389. The van der Waals surface area contributed by atoms with Crippen molar-refractivity contribution in [2.45, 2.75) is 64.2 Å². The number of hydrogen-bond donors (Lipinski definition) is 3. The van der Waals surface area contributed by atoms with Crippen molar-refractivity contribution >= 4 is 11.7 Å². The number of urea groups is 1. The van der Waals surface area contributed by atoms with Crippen molar-refractivity contribution in [2.75, 3.05) is 5.32 Å². The molecule has 1 fully saturated rings. The Bertz CT molecular complexity index is 450. The fourth-order valence-electron chi connectivity index (χ4n) is 3.47. The van der Waals surface area contributed by atoms with Gasteiger partial charge in [0.1, 0.15) is 0 Å². The monoisotopic (exact) mass is 303 g/mol. The number of nitrogens with two attached hydrogens (primary N) is 1. The van der Waals surface area contributed by atoms with E-state index < -0.39 is 0 Å². The van der Waals surface area contributed by atoms with Gasteiger partial charge in [0.15, 0.2) is 0 Å². The van der Waals surface area contributed by atoms with E-state index in [-0.39, 0.29) is 6.03 Å². The maximum Gasteiger partial charge on any atom is 0.333 e. The number of amides is 2. The third-order valence-corrected chi connectivity index (χ3v) is 4.83. The lowest BCUT2D eigenvalue weighted by atomic mass is 9.77. The third-order valence-electron chi connectivity index (χ3n) is 4.83. The number of anilines is 1. The van der Waals surface area contributed by atoms with Gasteiger partial charge in [-0.1, -0.05) is 44.7 Å². The van der Waals surface area contributed by atoms with Crippen molar-refractivity contribution in [1.29, 1.82) is 0 Å². The molecule has 122 valence electrons. The third kappa shape index (κ3) is 5.02. The van der Waals surface area contributed by atoms with Gasteiger partial charge in [-0.25, -0.2) is 10.6 Å². The molecule has 0 radical (unpaired) electrons. The van der Waals surface area contributed by atoms with Gasteiger partial charge in [0.25, 0.3) is 0 Å². The molecule has 2 rings (SSSR count). The van der Waals surface area contributed by atoms with Crippen LogP contribution in [0.3, 0.4) is 0 Å². The Labute approximate surface area is 133 Å². The van der Waals surface area contributed by atoms with Gasteiger partial charge in [-0.05, 0) is 55.2 Å². The van der Waals surface area contributed by atoms with Crippen LogP contribution < -0.4 is 16.6 Å². The number of benzene rings is 1. The fourth-order valence-corrected chi connectivity index (χ4v) is 3.47. The van der Waals surface area contributed by atoms with Crippen molar-refractivity contribution in [1.82, 2.24) is 5.43 Å². The summed E-state index contributed by atoms with van der Waals surface area (Å²) in [4.78, 5) is 11.2. The number of hydrogen-bond acceptors (Lipinski definition) is 2. The summed E-state index contributed by atoms with van der Waals surface area (Å²) in [6.07, 6.45) is 10.8. The van der Waals surface area contributed by atoms with Crippen molar-refractivity contribution in [2.24, 2.45) is 11.8 Å². The summed E-state index contributed by atoms with van der Waals surface area (Å²) in [5, 5.41) is 2.68. The lowest BCUT2D eigenvalue weighted by Gasteiger charge is -2.29. The van der Waals surface area contributed by atoms with Gasteiger partial charge in [0, 0.05) is 5.69 Å². The summed E-state index contributed by atoms with van der Waals surface area (Å²) in [5.41, 5.74) is 4.24. The van der Waals surface area contributed by atoms with Crippen molar-refractivity contribution in [3.8, 4) is 0 Å². The van der Waals surface area contributed by atoms with Gasteiger partial charge in [-0.3, -0.25) is 5.43 Å². The van der Waals surface area contributed by atoms with Gasteiger partial charge in [0.05, 0.1) is 0 Å². The van der Waals surface area contributed by atoms with Crippen LogP contribution in [0.1, 0.15) is 69.8 Å². The molecule has 0 unspecified atom stereocenters. The highest BCUT2D eigenvalue weighted by Gasteiger charge is 2.21. The molecule has 1 saturated carbocycles. The number of carbonyl (C=O) groups is 1. The van der Waals surface area contributed by atoms with E-state index in [1.54, 1.807) is 0 Å². The minimum absolute atomic E-state index is 0.389. The number of carbonyl (C=O) groups excluding carboxylic acids is 1. The highest BCUT2D eigenvalue weighted by atomic mass is 16.2. The molecule has 0 aromatic heterocycles. The van der Waals surface area contributed by atoms with Gasteiger partial charge < -0.3 is 5.32 Å². The summed E-state index contributed by atoms with van der Waals surface area (Å²) in [7, 11) is 0. The molecular weight excluding hydrogens is 274 g/mol.